The number of ether oxygens (including phenoxy) is 1. The Kier molecular flexibility index (Phi) is 5.35. The van der Waals surface area contributed by atoms with Crippen LogP contribution in [0.25, 0.3) is 0 Å². The minimum atomic E-state index is -0.331. The van der Waals surface area contributed by atoms with Crippen molar-refractivity contribution in [2.75, 3.05) is 19.8 Å². The molecular weight excluding hydrogens is 261 g/mol. The van der Waals surface area contributed by atoms with Gasteiger partial charge in [0.1, 0.15) is 11.6 Å². The summed E-state index contributed by atoms with van der Waals surface area (Å²) in [6, 6.07) is 5.89. The van der Waals surface area contributed by atoms with E-state index in [0.29, 0.717) is 18.7 Å². The van der Waals surface area contributed by atoms with Crippen LogP contribution in [0.4, 0.5) is 4.39 Å². The topological polar surface area (TPSA) is 49.8 Å². The molecule has 2 rings (SSSR count). The molecule has 1 aliphatic carbocycles. The van der Waals surface area contributed by atoms with E-state index in [4.69, 9.17) is 9.84 Å². The zero-order valence-corrected chi connectivity index (χ0v) is 11.4. The fraction of sp³-hybridized carbons (Fsp3) is 0.533. The van der Waals surface area contributed by atoms with Crippen LogP contribution in [0.3, 0.4) is 0 Å². The van der Waals surface area contributed by atoms with Crippen LogP contribution in [0.15, 0.2) is 24.3 Å². The van der Waals surface area contributed by atoms with Gasteiger partial charge in [0.2, 0.25) is 0 Å². The van der Waals surface area contributed by atoms with Crippen molar-refractivity contribution < 1.29 is 19.0 Å². The smallest absolute Gasteiger partial charge is 0.260 e. The highest BCUT2D eigenvalue weighted by Gasteiger charge is 2.28. The number of halogens is 1. The second kappa shape index (κ2) is 7.24. The average molecular weight is 281 g/mol. The number of aliphatic hydroxyl groups is 1. The molecule has 0 aliphatic heterocycles. The third kappa shape index (κ3) is 3.93. The van der Waals surface area contributed by atoms with Gasteiger partial charge in [-0.2, -0.15) is 0 Å². The molecule has 110 valence electrons. The van der Waals surface area contributed by atoms with Crippen molar-refractivity contribution in [3.05, 3.63) is 30.1 Å². The van der Waals surface area contributed by atoms with Gasteiger partial charge < -0.3 is 14.7 Å². The number of amides is 1. The first-order chi connectivity index (χ1) is 9.70. The monoisotopic (exact) mass is 281 g/mol. The van der Waals surface area contributed by atoms with E-state index in [9.17, 15) is 9.18 Å². The SMILES string of the molecule is O=C(COc1ccc(F)cc1)N(CCCO)C1CCC1. The molecule has 1 aromatic carbocycles. The third-order valence-electron chi connectivity index (χ3n) is 3.57. The molecule has 1 N–H and O–H groups in total. The lowest BCUT2D eigenvalue weighted by atomic mass is 9.91. The number of hydrogen-bond acceptors (Lipinski definition) is 3. The van der Waals surface area contributed by atoms with Gasteiger partial charge in [0.25, 0.3) is 5.91 Å². The first-order valence-electron chi connectivity index (χ1n) is 6.99. The molecule has 0 aromatic heterocycles. The van der Waals surface area contributed by atoms with E-state index < -0.39 is 0 Å². The number of carbonyl (C=O) groups is 1. The molecule has 20 heavy (non-hydrogen) atoms. The van der Waals surface area contributed by atoms with Crippen molar-refractivity contribution in [2.24, 2.45) is 0 Å². The largest absolute Gasteiger partial charge is 0.484 e. The summed E-state index contributed by atoms with van der Waals surface area (Å²) in [7, 11) is 0. The first kappa shape index (κ1) is 14.8. The molecule has 0 radical (unpaired) electrons. The van der Waals surface area contributed by atoms with Gasteiger partial charge in [-0.25, -0.2) is 4.39 Å². The lowest BCUT2D eigenvalue weighted by Crippen LogP contribution is -2.46. The van der Waals surface area contributed by atoms with Gasteiger partial charge in [-0.15, -0.1) is 0 Å². The van der Waals surface area contributed by atoms with Crippen LogP contribution >= 0.6 is 0 Å². The van der Waals surface area contributed by atoms with Gasteiger partial charge in [-0.3, -0.25) is 4.79 Å². The van der Waals surface area contributed by atoms with Gasteiger partial charge in [0.05, 0.1) is 0 Å². The summed E-state index contributed by atoms with van der Waals surface area (Å²) in [5.74, 6) is 0.0747. The standard InChI is InChI=1S/C15H20FNO3/c16-12-5-7-14(8-6-12)20-11-15(19)17(9-2-10-18)13-3-1-4-13/h5-8,13,18H,1-4,9-11H2. The van der Waals surface area contributed by atoms with Crippen molar-refractivity contribution in [3.63, 3.8) is 0 Å². The van der Waals surface area contributed by atoms with Crippen LogP contribution in [0.5, 0.6) is 5.75 Å². The Hall–Kier alpha value is -1.62. The zero-order chi connectivity index (χ0) is 14.4. The van der Waals surface area contributed by atoms with Crippen molar-refractivity contribution in [1.82, 2.24) is 4.90 Å². The fourth-order valence-electron chi connectivity index (χ4n) is 2.21. The molecule has 1 aliphatic rings. The van der Waals surface area contributed by atoms with Crippen molar-refractivity contribution in [1.29, 1.82) is 0 Å². The molecule has 1 saturated carbocycles. The van der Waals surface area contributed by atoms with E-state index >= 15 is 0 Å². The van der Waals surface area contributed by atoms with Crippen molar-refractivity contribution >= 4 is 5.91 Å². The highest BCUT2D eigenvalue weighted by Crippen LogP contribution is 2.25. The van der Waals surface area contributed by atoms with E-state index in [-0.39, 0.29) is 31.0 Å². The normalized spacial score (nSPS) is 14.7. The molecular formula is C15H20FNO3. The van der Waals surface area contributed by atoms with Crippen LogP contribution in [0.2, 0.25) is 0 Å². The molecule has 5 heteroatoms. The summed E-state index contributed by atoms with van der Waals surface area (Å²) in [4.78, 5) is 14.0. The molecule has 1 aromatic rings. The number of carbonyl (C=O) groups excluding carboxylic acids is 1. The van der Waals surface area contributed by atoms with Crippen molar-refractivity contribution in [3.8, 4) is 5.75 Å². The maximum atomic E-state index is 12.8. The van der Waals surface area contributed by atoms with Crippen LogP contribution in [0, 0.1) is 5.82 Å². The number of benzene rings is 1. The van der Waals surface area contributed by atoms with Crippen LogP contribution in [0.1, 0.15) is 25.7 Å². The van der Waals surface area contributed by atoms with Gasteiger partial charge in [0, 0.05) is 19.2 Å². The molecule has 0 spiro atoms. The summed E-state index contributed by atoms with van der Waals surface area (Å²) in [6.07, 6.45) is 3.77. The zero-order valence-electron chi connectivity index (χ0n) is 11.4. The van der Waals surface area contributed by atoms with E-state index in [1.165, 1.54) is 24.3 Å². The summed E-state index contributed by atoms with van der Waals surface area (Å²) in [5.41, 5.74) is 0. The van der Waals surface area contributed by atoms with Crippen LogP contribution in [-0.2, 0) is 4.79 Å². The summed E-state index contributed by atoms with van der Waals surface area (Å²) >= 11 is 0. The predicted molar refractivity (Wildman–Crippen MR) is 72.9 cm³/mol. The van der Waals surface area contributed by atoms with Gasteiger partial charge >= 0.3 is 0 Å². The number of nitrogens with zero attached hydrogens (tertiary/aromatic N) is 1. The number of hydrogen-bond donors (Lipinski definition) is 1. The molecule has 0 unspecified atom stereocenters. The molecule has 0 bridgehead atoms. The second-order valence-corrected chi connectivity index (χ2v) is 4.99. The molecule has 0 atom stereocenters. The Bertz CT molecular complexity index is 431. The van der Waals surface area contributed by atoms with Gasteiger partial charge in [0.15, 0.2) is 6.61 Å². The van der Waals surface area contributed by atoms with E-state index in [1.807, 2.05) is 0 Å². The Morgan fingerprint density at radius 1 is 1.35 bits per heavy atom. The molecule has 1 amide bonds. The summed E-state index contributed by atoms with van der Waals surface area (Å²) in [5, 5.41) is 8.90. The maximum absolute atomic E-state index is 12.8. The van der Waals surface area contributed by atoms with Gasteiger partial charge in [-0.1, -0.05) is 0 Å². The van der Waals surface area contributed by atoms with E-state index in [1.54, 1.807) is 4.90 Å². The molecule has 4 nitrogen and oxygen atoms in total. The predicted octanol–water partition coefficient (Wildman–Crippen LogP) is 1.97. The van der Waals surface area contributed by atoms with E-state index in [0.717, 1.165) is 19.3 Å². The molecule has 0 heterocycles. The fourth-order valence-corrected chi connectivity index (χ4v) is 2.21. The van der Waals surface area contributed by atoms with E-state index in [2.05, 4.69) is 0 Å². The lowest BCUT2D eigenvalue weighted by molar-refractivity contribution is -0.137. The lowest BCUT2D eigenvalue weighted by Gasteiger charge is -2.37. The highest BCUT2D eigenvalue weighted by atomic mass is 19.1. The quantitative estimate of drug-likeness (QED) is 0.831. The summed E-state index contributed by atoms with van der Waals surface area (Å²) < 4.78 is 18.1. The van der Waals surface area contributed by atoms with Crippen LogP contribution < -0.4 is 4.74 Å². The minimum Gasteiger partial charge on any atom is -0.484 e. The average Bonchev–Trinajstić information content (AvgIpc) is 2.40. The third-order valence-corrected chi connectivity index (χ3v) is 3.57. The Morgan fingerprint density at radius 3 is 2.60 bits per heavy atom. The van der Waals surface area contributed by atoms with Crippen LogP contribution in [-0.4, -0.2) is 41.7 Å². The highest BCUT2D eigenvalue weighted by molar-refractivity contribution is 5.78. The molecule has 0 saturated heterocycles. The Balaban J connectivity index is 1.85. The Morgan fingerprint density at radius 2 is 2.05 bits per heavy atom. The number of aliphatic hydroxyl groups excluding tert-OH is 1. The molecule has 1 fully saturated rings. The van der Waals surface area contributed by atoms with Crippen molar-refractivity contribution in [2.45, 2.75) is 31.7 Å². The number of rotatable bonds is 7. The minimum absolute atomic E-state index is 0.0481. The second-order valence-electron chi connectivity index (χ2n) is 4.99. The first-order valence-corrected chi connectivity index (χ1v) is 6.99. The Labute approximate surface area is 118 Å². The maximum Gasteiger partial charge on any atom is 0.260 e. The van der Waals surface area contributed by atoms with Gasteiger partial charge in [-0.05, 0) is 49.9 Å². The summed E-state index contributed by atoms with van der Waals surface area (Å²) in [6.45, 7) is 0.593.